The van der Waals surface area contributed by atoms with E-state index in [1.54, 1.807) is 46.1 Å². The fraction of sp³-hybridized carbons (Fsp3) is 0.294. The first kappa shape index (κ1) is 18.2. The van der Waals surface area contributed by atoms with Gasteiger partial charge in [-0.15, -0.1) is 0 Å². The SMILES string of the molecule is COc1cccc(CNS(=O)(=O)c2c(C)[nH]c(C)c2-c2nc(C)no2)c1. The number of rotatable bonds is 6. The number of aryl methyl sites for hydroxylation is 3. The van der Waals surface area contributed by atoms with Gasteiger partial charge in [0, 0.05) is 17.9 Å². The molecule has 0 fully saturated rings. The van der Waals surface area contributed by atoms with Crippen molar-refractivity contribution in [3.8, 4) is 17.2 Å². The Labute approximate surface area is 151 Å². The summed E-state index contributed by atoms with van der Waals surface area (Å²) < 4.78 is 38.9. The highest BCUT2D eigenvalue weighted by molar-refractivity contribution is 7.89. The van der Waals surface area contributed by atoms with Crippen LogP contribution in [0.25, 0.3) is 11.5 Å². The first-order valence-corrected chi connectivity index (χ1v) is 9.42. The summed E-state index contributed by atoms with van der Waals surface area (Å²) in [6, 6.07) is 7.21. The molecule has 0 saturated heterocycles. The topological polar surface area (TPSA) is 110 Å². The molecule has 138 valence electrons. The van der Waals surface area contributed by atoms with Crippen molar-refractivity contribution in [2.75, 3.05) is 7.11 Å². The van der Waals surface area contributed by atoms with Crippen LogP contribution >= 0.6 is 0 Å². The molecule has 3 rings (SSSR count). The minimum absolute atomic E-state index is 0.113. The number of methoxy groups -OCH3 is 1. The molecule has 2 heterocycles. The molecule has 0 amide bonds. The number of hydrogen-bond donors (Lipinski definition) is 2. The number of nitrogens with one attached hydrogen (secondary N) is 2. The fourth-order valence-electron chi connectivity index (χ4n) is 2.78. The molecule has 0 aliphatic heterocycles. The zero-order chi connectivity index (χ0) is 18.9. The van der Waals surface area contributed by atoms with E-state index in [1.165, 1.54) is 0 Å². The number of sulfonamides is 1. The Balaban J connectivity index is 1.94. The van der Waals surface area contributed by atoms with Crippen LogP contribution in [0.15, 0.2) is 33.7 Å². The summed E-state index contributed by atoms with van der Waals surface area (Å²) in [5, 5.41) is 3.75. The maximum Gasteiger partial charge on any atom is 0.261 e. The second-order valence-electron chi connectivity index (χ2n) is 5.90. The van der Waals surface area contributed by atoms with Crippen molar-refractivity contribution < 1.29 is 17.7 Å². The molecule has 9 heteroatoms. The molecule has 0 radical (unpaired) electrons. The predicted molar refractivity (Wildman–Crippen MR) is 95.3 cm³/mol. The van der Waals surface area contributed by atoms with Crippen molar-refractivity contribution in [1.82, 2.24) is 19.8 Å². The zero-order valence-corrected chi connectivity index (χ0v) is 15.8. The Morgan fingerprint density at radius 2 is 2.00 bits per heavy atom. The quantitative estimate of drug-likeness (QED) is 0.684. The summed E-state index contributed by atoms with van der Waals surface area (Å²) in [5.74, 6) is 1.27. The van der Waals surface area contributed by atoms with E-state index in [0.717, 1.165) is 5.56 Å². The van der Waals surface area contributed by atoms with Gasteiger partial charge in [-0.1, -0.05) is 17.3 Å². The average Bonchev–Trinajstić information content (AvgIpc) is 3.15. The minimum atomic E-state index is -3.81. The molecular formula is C17H20N4O4S. The minimum Gasteiger partial charge on any atom is -0.497 e. The van der Waals surface area contributed by atoms with Gasteiger partial charge in [-0.05, 0) is 38.5 Å². The van der Waals surface area contributed by atoms with E-state index in [-0.39, 0.29) is 17.3 Å². The third-order valence-corrected chi connectivity index (χ3v) is 5.50. The predicted octanol–water partition coefficient (Wildman–Crippen LogP) is 2.48. The van der Waals surface area contributed by atoms with Gasteiger partial charge in [-0.25, -0.2) is 13.1 Å². The van der Waals surface area contributed by atoms with Gasteiger partial charge >= 0.3 is 0 Å². The van der Waals surface area contributed by atoms with Crippen molar-refractivity contribution in [3.63, 3.8) is 0 Å². The average molecular weight is 376 g/mol. The molecule has 2 aromatic heterocycles. The normalized spacial score (nSPS) is 11.7. The molecule has 3 aromatic rings. The smallest absolute Gasteiger partial charge is 0.261 e. The lowest BCUT2D eigenvalue weighted by atomic mass is 10.2. The molecule has 1 aromatic carbocycles. The van der Waals surface area contributed by atoms with Gasteiger partial charge in [0.2, 0.25) is 10.0 Å². The van der Waals surface area contributed by atoms with E-state index < -0.39 is 10.0 Å². The van der Waals surface area contributed by atoms with Crippen molar-refractivity contribution in [1.29, 1.82) is 0 Å². The van der Waals surface area contributed by atoms with E-state index >= 15 is 0 Å². The molecular weight excluding hydrogens is 356 g/mol. The maximum absolute atomic E-state index is 12.9. The van der Waals surface area contributed by atoms with Gasteiger partial charge < -0.3 is 14.2 Å². The van der Waals surface area contributed by atoms with Crippen molar-refractivity contribution in [2.24, 2.45) is 0 Å². The van der Waals surface area contributed by atoms with E-state index in [9.17, 15) is 8.42 Å². The summed E-state index contributed by atoms with van der Waals surface area (Å²) >= 11 is 0. The number of nitrogens with zero attached hydrogens (tertiary/aromatic N) is 2. The van der Waals surface area contributed by atoms with E-state index in [1.807, 2.05) is 6.07 Å². The van der Waals surface area contributed by atoms with Gasteiger partial charge in [0.05, 0.1) is 12.7 Å². The Kier molecular flexibility index (Phi) is 4.84. The number of ether oxygens (including phenoxy) is 1. The van der Waals surface area contributed by atoms with Crippen LogP contribution in [0.2, 0.25) is 0 Å². The van der Waals surface area contributed by atoms with Crippen LogP contribution in [-0.2, 0) is 16.6 Å². The number of aromatic nitrogens is 3. The number of hydrogen-bond acceptors (Lipinski definition) is 6. The van der Waals surface area contributed by atoms with E-state index in [4.69, 9.17) is 9.26 Å². The highest BCUT2D eigenvalue weighted by atomic mass is 32.2. The summed E-state index contributed by atoms with van der Waals surface area (Å²) in [4.78, 5) is 7.32. The van der Waals surface area contributed by atoms with Crippen LogP contribution < -0.4 is 9.46 Å². The second-order valence-corrected chi connectivity index (χ2v) is 7.61. The van der Waals surface area contributed by atoms with Gasteiger partial charge in [-0.3, -0.25) is 0 Å². The molecule has 0 aliphatic rings. The summed E-state index contributed by atoms with van der Waals surface area (Å²) in [6.07, 6.45) is 0. The molecule has 0 atom stereocenters. The zero-order valence-electron chi connectivity index (χ0n) is 15.0. The number of aromatic amines is 1. The first-order chi connectivity index (χ1) is 12.3. The van der Waals surface area contributed by atoms with Crippen molar-refractivity contribution in [3.05, 3.63) is 47.0 Å². The van der Waals surface area contributed by atoms with Gasteiger partial charge in [0.25, 0.3) is 5.89 Å². The van der Waals surface area contributed by atoms with Crippen LogP contribution in [0.3, 0.4) is 0 Å². The van der Waals surface area contributed by atoms with Crippen LogP contribution in [0, 0.1) is 20.8 Å². The molecule has 0 aliphatic carbocycles. The van der Waals surface area contributed by atoms with E-state index in [2.05, 4.69) is 19.8 Å². The summed E-state index contributed by atoms with van der Waals surface area (Å²) in [7, 11) is -2.24. The first-order valence-electron chi connectivity index (χ1n) is 7.94. The van der Waals surface area contributed by atoms with Crippen molar-refractivity contribution >= 4 is 10.0 Å². The third-order valence-electron chi connectivity index (χ3n) is 3.93. The maximum atomic E-state index is 12.9. The Morgan fingerprint density at radius 3 is 2.65 bits per heavy atom. The largest absolute Gasteiger partial charge is 0.497 e. The van der Waals surface area contributed by atoms with Crippen LogP contribution in [0.5, 0.6) is 5.75 Å². The number of H-pyrrole nitrogens is 1. The highest BCUT2D eigenvalue weighted by Gasteiger charge is 2.28. The molecule has 0 saturated carbocycles. The van der Waals surface area contributed by atoms with Gasteiger partial charge in [0.1, 0.15) is 10.6 Å². The summed E-state index contributed by atoms with van der Waals surface area (Å²) in [6.45, 7) is 5.27. The standard InChI is InChI=1S/C17H20N4O4S/c1-10-15(17-20-12(3)21-25-17)16(11(2)19-10)26(22,23)18-9-13-6-5-7-14(8-13)24-4/h5-8,18-19H,9H2,1-4H3. The second kappa shape index (κ2) is 6.93. The molecule has 0 spiro atoms. The molecule has 0 unspecified atom stereocenters. The van der Waals surface area contributed by atoms with Gasteiger partial charge in [-0.2, -0.15) is 4.98 Å². The molecule has 8 nitrogen and oxygen atoms in total. The highest BCUT2D eigenvalue weighted by Crippen LogP contribution is 2.32. The molecule has 0 bridgehead atoms. The fourth-order valence-corrected chi connectivity index (χ4v) is 4.25. The Hall–Kier alpha value is -2.65. The van der Waals surface area contributed by atoms with Crippen LogP contribution in [0.4, 0.5) is 0 Å². The lowest BCUT2D eigenvalue weighted by Crippen LogP contribution is -2.24. The van der Waals surface area contributed by atoms with Crippen molar-refractivity contribution in [2.45, 2.75) is 32.2 Å². The summed E-state index contributed by atoms with van der Waals surface area (Å²) in [5.41, 5.74) is 2.33. The monoisotopic (exact) mass is 376 g/mol. The number of benzene rings is 1. The molecule has 26 heavy (non-hydrogen) atoms. The lowest BCUT2D eigenvalue weighted by molar-refractivity contribution is 0.414. The van der Waals surface area contributed by atoms with E-state index in [0.29, 0.717) is 28.5 Å². The Bertz CT molecular complexity index is 1040. The van der Waals surface area contributed by atoms with Crippen LogP contribution in [-0.4, -0.2) is 30.7 Å². The lowest BCUT2D eigenvalue weighted by Gasteiger charge is -2.09. The van der Waals surface area contributed by atoms with Crippen LogP contribution in [0.1, 0.15) is 22.8 Å². The third kappa shape index (κ3) is 3.49. The van der Waals surface area contributed by atoms with Gasteiger partial charge in [0.15, 0.2) is 5.82 Å². The molecule has 2 N–H and O–H groups in total. The Morgan fingerprint density at radius 1 is 1.23 bits per heavy atom.